The topological polar surface area (TPSA) is 78.6 Å². The van der Waals surface area contributed by atoms with Crippen molar-refractivity contribution >= 4 is 5.91 Å². The summed E-state index contributed by atoms with van der Waals surface area (Å²) in [5, 5.41) is 12.0. The van der Waals surface area contributed by atoms with Crippen LogP contribution < -0.4 is 11.1 Å². The van der Waals surface area contributed by atoms with Gasteiger partial charge in [-0.3, -0.25) is 9.69 Å². The van der Waals surface area contributed by atoms with Gasteiger partial charge in [0.15, 0.2) is 0 Å². The Kier molecular flexibility index (Phi) is 3.46. The molecule has 5 heteroatoms. The zero-order valence-corrected chi connectivity index (χ0v) is 6.99. The lowest BCUT2D eigenvalue weighted by atomic mass is 10.2. The van der Waals surface area contributed by atoms with Gasteiger partial charge in [-0.15, -0.1) is 0 Å². The van der Waals surface area contributed by atoms with Crippen LogP contribution in [0, 0.1) is 0 Å². The Balaban J connectivity index is 2.46. The van der Waals surface area contributed by atoms with Gasteiger partial charge in [-0.05, 0) is 0 Å². The monoisotopic (exact) mass is 173 g/mol. The Morgan fingerprint density at radius 2 is 2.17 bits per heavy atom. The molecular weight excluding hydrogens is 158 g/mol. The summed E-state index contributed by atoms with van der Waals surface area (Å²) in [5.74, 6) is -0.445. The van der Waals surface area contributed by atoms with Crippen molar-refractivity contribution < 1.29 is 9.90 Å². The summed E-state index contributed by atoms with van der Waals surface area (Å²) in [6.07, 6.45) is 0. The van der Waals surface area contributed by atoms with Crippen molar-refractivity contribution in [1.29, 1.82) is 0 Å². The fraction of sp³-hybridized carbons (Fsp3) is 0.857. The van der Waals surface area contributed by atoms with Gasteiger partial charge in [-0.25, -0.2) is 0 Å². The fourth-order valence-electron chi connectivity index (χ4n) is 1.38. The van der Waals surface area contributed by atoms with Crippen molar-refractivity contribution in [2.75, 3.05) is 32.8 Å². The molecule has 4 N–H and O–H groups in total. The Hall–Kier alpha value is -0.650. The number of nitrogens with two attached hydrogens (primary N) is 1. The van der Waals surface area contributed by atoms with Crippen LogP contribution >= 0.6 is 0 Å². The summed E-state index contributed by atoms with van der Waals surface area (Å²) >= 11 is 0. The van der Waals surface area contributed by atoms with E-state index >= 15 is 0 Å². The Bertz CT molecular complexity index is 157. The van der Waals surface area contributed by atoms with Crippen molar-refractivity contribution in [3.63, 3.8) is 0 Å². The maximum atomic E-state index is 10.8. The third-order valence-corrected chi connectivity index (χ3v) is 2.09. The highest BCUT2D eigenvalue weighted by atomic mass is 16.3. The predicted octanol–water partition coefficient (Wildman–Crippen LogP) is -2.26. The molecule has 1 fully saturated rings. The molecule has 1 rings (SSSR count). The van der Waals surface area contributed by atoms with Crippen molar-refractivity contribution in [2.45, 2.75) is 6.04 Å². The van der Waals surface area contributed by atoms with E-state index < -0.39 is 11.9 Å². The number of amides is 1. The predicted molar refractivity (Wildman–Crippen MR) is 44.5 cm³/mol. The largest absolute Gasteiger partial charge is 0.394 e. The van der Waals surface area contributed by atoms with Gasteiger partial charge in [-0.1, -0.05) is 0 Å². The first kappa shape index (κ1) is 9.44. The van der Waals surface area contributed by atoms with Gasteiger partial charge >= 0.3 is 0 Å². The van der Waals surface area contributed by atoms with Crippen LogP contribution in [0.1, 0.15) is 0 Å². The van der Waals surface area contributed by atoms with Crippen LogP contribution in [-0.2, 0) is 4.79 Å². The highest BCUT2D eigenvalue weighted by Gasteiger charge is 2.23. The molecule has 1 heterocycles. The molecule has 1 atom stereocenters. The van der Waals surface area contributed by atoms with Gasteiger partial charge in [0.05, 0.1) is 6.61 Å². The first-order chi connectivity index (χ1) is 5.75. The van der Waals surface area contributed by atoms with Gasteiger partial charge in [0, 0.05) is 26.2 Å². The summed E-state index contributed by atoms with van der Waals surface area (Å²) < 4.78 is 0. The molecular formula is C7H15N3O2. The number of rotatable bonds is 3. The van der Waals surface area contributed by atoms with Crippen LogP contribution in [0.15, 0.2) is 0 Å². The molecule has 0 aliphatic carbocycles. The molecule has 1 amide bonds. The van der Waals surface area contributed by atoms with E-state index in [9.17, 15) is 4.79 Å². The number of nitrogens with one attached hydrogen (secondary N) is 1. The van der Waals surface area contributed by atoms with Gasteiger partial charge in [0.2, 0.25) is 5.91 Å². The van der Waals surface area contributed by atoms with Crippen LogP contribution in [0.3, 0.4) is 0 Å². The van der Waals surface area contributed by atoms with Crippen LogP contribution in [0.25, 0.3) is 0 Å². The molecule has 5 nitrogen and oxygen atoms in total. The molecule has 0 aromatic carbocycles. The van der Waals surface area contributed by atoms with Crippen molar-refractivity contribution in [3.05, 3.63) is 0 Å². The average Bonchev–Trinajstić information content (AvgIpc) is 2.07. The zero-order chi connectivity index (χ0) is 8.97. The second-order valence-corrected chi connectivity index (χ2v) is 2.89. The summed E-state index contributed by atoms with van der Waals surface area (Å²) in [7, 11) is 0. The number of nitrogens with zero attached hydrogens (tertiary/aromatic N) is 1. The molecule has 70 valence electrons. The number of carbonyl (C=O) groups excluding carboxylic acids is 1. The molecule has 0 radical (unpaired) electrons. The number of hydrogen-bond acceptors (Lipinski definition) is 4. The number of aliphatic hydroxyl groups is 1. The van der Waals surface area contributed by atoms with Crippen LogP contribution in [-0.4, -0.2) is 54.7 Å². The Labute approximate surface area is 71.5 Å². The maximum Gasteiger partial charge on any atom is 0.237 e. The average molecular weight is 173 g/mol. The normalized spacial score (nSPS) is 22.1. The van der Waals surface area contributed by atoms with Crippen molar-refractivity contribution in [1.82, 2.24) is 10.2 Å². The maximum absolute atomic E-state index is 10.8. The molecule has 1 aliphatic heterocycles. The Morgan fingerprint density at radius 3 is 2.58 bits per heavy atom. The Morgan fingerprint density at radius 1 is 1.58 bits per heavy atom. The highest BCUT2D eigenvalue weighted by Crippen LogP contribution is 1.99. The minimum atomic E-state index is -0.507. The van der Waals surface area contributed by atoms with Gasteiger partial charge in [0.1, 0.15) is 6.04 Å². The van der Waals surface area contributed by atoms with E-state index in [2.05, 4.69) is 5.32 Å². The molecule has 0 aromatic rings. The number of hydrogen-bond donors (Lipinski definition) is 3. The third kappa shape index (κ3) is 2.17. The number of aliphatic hydroxyl groups excluding tert-OH is 1. The number of piperazine rings is 1. The number of primary amides is 1. The molecule has 1 saturated heterocycles. The van der Waals surface area contributed by atoms with Crippen LogP contribution in [0.2, 0.25) is 0 Å². The molecule has 0 saturated carbocycles. The molecule has 12 heavy (non-hydrogen) atoms. The van der Waals surface area contributed by atoms with E-state index in [4.69, 9.17) is 10.8 Å². The summed E-state index contributed by atoms with van der Waals surface area (Å²) in [6, 6.07) is -0.507. The first-order valence-electron chi connectivity index (χ1n) is 4.10. The van der Waals surface area contributed by atoms with E-state index in [1.54, 1.807) is 0 Å². The number of carbonyl (C=O) groups is 1. The highest BCUT2D eigenvalue weighted by molar-refractivity contribution is 5.80. The summed E-state index contributed by atoms with van der Waals surface area (Å²) in [5.41, 5.74) is 5.12. The molecule has 1 unspecified atom stereocenters. The van der Waals surface area contributed by atoms with E-state index in [0.717, 1.165) is 26.2 Å². The fourth-order valence-corrected chi connectivity index (χ4v) is 1.38. The van der Waals surface area contributed by atoms with Crippen LogP contribution in [0.4, 0.5) is 0 Å². The summed E-state index contributed by atoms with van der Waals surface area (Å²) in [4.78, 5) is 12.7. The zero-order valence-electron chi connectivity index (χ0n) is 6.99. The molecule has 0 spiro atoms. The summed E-state index contributed by atoms with van der Waals surface area (Å²) in [6.45, 7) is 3.06. The standard InChI is InChI=1S/C7H15N3O2/c8-7(12)6(5-11)10-3-1-9-2-4-10/h6,9,11H,1-5H2,(H2,8,12). The van der Waals surface area contributed by atoms with E-state index in [-0.39, 0.29) is 6.61 Å². The molecule has 0 bridgehead atoms. The van der Waals surface area contributed by atoms with Crippen molar-refractivity contribution in [2.24, 2.45) is 5.73 Å². The van der Waals surface area contributed by atoms with E-state index in [1.165, 1.54) is 0 Å². The smallest absolute Gasteiger partial charge is 0.237 e. The second-order valence-electron chi connectivity index (χ2n) is 2.89. The van der Waals surface area contributed by atoms with Crippen LogP contribution in [0.5, 0.6) is 0 Å². The lowest BCUT2D eigenvalue weighted by molar-refractivity contribution is -0.124. The van der Waals surface area contributed by atoms with Gasteiger partial charge in [0.25, 0.3) is 0 Å². The van der Waals surface area contributed by atoms with Crippen molar-refractivity contribution in [3.8, 4) is 0 Å². The van der Waals surface area contributed by atoms with E-state index in [1.807, 2.05) is 4.90 Å². The third-order valence-electron chi connectivity index (χ3n) is 2.09. The minimum Gasteiger partial charge on any atom is -0.394 e. The van der Waals surface area contributed by atoms with Gasteiger partial charge in [-0.2, -0.15) is 0 Å². The lowest BCUT2D eigenvalue weighted by Gasteiger charge is -2.31. The SMILES string of the molecule is NC(=O)C(CO)N1CCNCC1. The second kappa shape index (κ2) is 4.39. The molecule has 1 aliphatic rings. The quantitative estimate of drug-likeness (QED) is 0.450. The first-order valence-corrected chi connectivity index (χ1v) is 4.10. The minimum absolute atomic E-state index is 0.185. The van der Waals surface area contributed by atoms with E-state index in [0.29, 0.717) is 0 Å². The molecule has 0 aromatic heterocycles. The lowest BCUT2D eigenvalue weighted by Crippen LogP contribution is -2.54. The van der Waals surface area contributed by atoms with Gasteiger partial charge < -0.3 is 16.2 Å².